The van der Waals surface area contributed by atoms with Gasteiger partial charge in [-0.15, -0.1) is 24.0 Å². The zero-order valence-corrected chi connectivity index (χ0v) is 19.3. The second-order valence-electron chi connectivity index (χ2n) is 6.94. The predicted octanol–water partition coefficient (Wildman–Crippen LogP) is 4.57. The fourth-order valence-electron chi connectivity index (χ4n) is 2.85. The SMILES string of the molecule is Cc1nccn1Cc1cccc(CN=C(N)Nc2ccc(OC(C)C)cc2)c1.I. The minimum Gasteiger partial charge on any atom is -0.491 e. The van der Waals surface area contributed by atoms with Gasteiger partial charge in [-0.25, -0.2) is 9.98 Å². The molecule has 3 rings (SSSR count). The van der Waals surface area contributed by atoms with Crippen LogP contribution < -0.4 is 15.8 Å². The molecule has 0 spiro atoms. The number of rotatable bonds is 7. The lowest BCUT2D eigenvalue weighted by Gasteiger charge is -2.11. The first kappa shape index (κ1) is 22.7. The highest BCUT2D eigenvalue weighted by Crippen LogP contribution is 2.17. The highest BCUT2D eigenvalue weighted by Gasteiger charge is 2.02. The van der Waals surface area contributed by atoms with Crippen molar-refractivity contribution in [1.29, 1.82) is 0 Å². The lowest BCUT2D eigenvalue weighted by Crippen LogP contribution is -2.22. The number of benzene rings is 2. The highest BCUT2D eigenvalue weighted by atomic mass is 127. The third-order valence-corrected chi connectivity index (χ3v) is 4.20. The molecule has 154 valence electrons. The molecule has 1 aromatic heterocycles. The molecule has 0 bridgehead atoms. The molecular weight excluding hydrogens is 477 g/mol. The van der Waals surface area contributed by atoms with E-state index in [4.69, 9.17) is 10.5 Å². The summed E-state index contributed by atoms with van der Waals surface area (Å²) in [4.78, 5) is 8.71. The average Bonchev–Trinajstić information content (AvgIpc) is 3.06. The van der Waals surface area contributed by atoms with Gasteiger partial charge in [-0.2, -0.15) is 0 Å². The van der Waals surface area contributed by atoms with E-state index in [2.05, 4.69) is 38.1 Å². The molecule has 0 aliphatic carbocycles. The molecular formula is C22H28IN5O. The predicted molar refractivity (Wildman–Crippen MR) is 129 cm³/mol. The Hall–Kier alpha value is -2.55. The molecule has 1 heterocycles. The summed E-state index contributed by atoms with van der Waals surface area (Å²) in [5.41, 5.74) is 9.23. The van der Waals surface area contributed by atoms with E-state index in [1.165, 1.54) is 5.56 Å². The average molecular weight is 505 g/mol. The maximum Gasteiger partial charge on any atom is 0.193 e. The van der Waals surface area contributed by atoms with E-state index >= 15 is 0 Å². The number of guanidine groups is 1. The van der Waals surface area contributed by atoms with Crippen LogP contribution in [0.3, 0.4) is 0 Å². The van der Waals surface area contributed by atoms with Crippen LogP contribution in [-0.2, 0) is 13.1 Å². The van der Waals surface area contributed by atoms with Crippen LogP contribution in [0.2, 0.25) is 0 Å². The van der Waals surface area contributed by atoms with E-state index in [9.17, 15) is 0 Å². The van der Waals surface area contributed by atoms with Gasteiger partial charge >= 0.3 is 0 Å². The Labute approximate surface area is 189 Å². The van der Waals surface area contributed by atoms with Gasteiger partial charge in [0.1, 0.15) is 11.6 Å². The van der Waals surface area contributed by atoms with Crippen molar-refractivity contribution in [2.45, 2.75) is 40.0 Å². The summed E-state index contributed by atoms with van der Waals surface area (Å²) in [7, 11) is 0. The monoisotopic (exact) mass is 505 g/mol. The van der Waals surface area contributed by atoms with Crippen molar-refractivity contribution < 1.29 is 4.74 Å². The molecule has 0 aliphatic rings. The fourth-order valence-corrected chi connectivity index (χ4v) is 2.85. The first-order valence-electron chi connectivity index (χ1n) is 9.39. The molecule has 29 heavy (non-hydrogen) atoms. The normalized spacial score (nSPS) is 11.2. The van der Waals surface area contributed by atoms with Crippen molar-refractivity contribution in [3.63, 3.8) is 0 Å². The van der Waals surface area contributed by atoms with E-state index in [1.807, 2.05) is 63.5 Å². The molecule has 0 atom stereocenters. The van der Waals surface area contributed by atoms with Gasteiger partial charge in [0.2, 0.25) is 0 Å². The Morgan fingerprint density at radius 3 is 2.55 bits per heavy atom. The van der Waals surface area contributed by atoms with Crippen molar-refractivity contribution in [2.75, 3.05) is 5.32 Å². The number of nitrogens with one attached hydrogen (secondary N) is 1. The number of aromatic nitrogens is 2. The van der Waals surface area contributed by atoms with Crippen molar-refractivity contribution in [1.82, 2.24) is 9.55 Å². The molecule has 6 nitrogen and oxygen atoms in total. The Morgan fingerprint density at radius 1 is 1.17 bits per heavy atom. The smallest absolute Gasteiger partial charge is 0.193 e. The molecule has 7 heteroatoms. The fraction of sp³-hybridized carbons (Fsp3) is 0.273. The minimum absolute atomic E-state index is 0. The number of hydrogen-bond acceptors (Lipinski definition) is 3. The molecule has 0 fully saturated rings. The topological polar surface area (TPSA) is 77.5 Å². The van der Waals surface area contributed by atoms with Crippen LogP contribution in [-0.4, -0.2) is 21.6 Å². The third-order valence-electron chi connectivity index (χ3n) is 4.20. The molecule has 2 aromatic carbocycles. The van der Waals surface area contributed by atoms with Crippen LogP contribution in [0.15, 0.2) is 65.9 Å². The van der Waals surface area contributed by atoms with Crippen LogP contribution in [0.1, 0.15) is 30.8 Å². The van der Waals surface area contributed by atoms with Crippen molar-refractivity contribution >= 4 is 35.6 Å². The minimum atomic E-state index is 0. The van der Waals surface area contributed by atoms with E-state index in [-0.39, 0.29) is 30.1 Å². The van der Waals surface area contributed by atoms with Gasteiger partial charge in [0.05, 0.1) is 12.6 Å². The number of aryl methyl sites for hydroxylation is 1. The summed E-state index contributed by atoms with van der Waals surface area (Å²) in [6.45, 7) is 7.32. The lowest BCUT2D eigenvalue weighted by molar-refractivity contribution is 0.242. The lowest BCUT2D eigenvalue weighted by atomic mass is 10.1. The van der Waals surface area contributed by atoms with Gasteiger partial charge in [0, 0.05) is 24.6 Å². The van der Waals surface area contributed by atoms with E-state index < -0.39 is 0 Å². The molecule has 0 amide bonds. The molecule has 0 radical (unpaired) electrons. The van der Waals surface area contributed by atoms with E-state index in [0.717, 1.165) is 29.4 Å². The second kappa shape index (κ2) is 10.8. The largest absolute Gasteiger partial charge is 0.491 e. The van der Waals surface area contributed by atoms with Crippen LogP contribution in [0.4, 0.5) is 5.69 Å². The first-order chi connectivity index (χ1) is 13.5. The number of ether oxygens (including phenoxy) is 1. The molecule has 0 unspecified atom stereocenters. The number of hydrogen-bond donors (Lipinski definition) is 2. The zero-order valence-electron chi connectivity index (χ0n) is 17.0. The van der Waals surface area contributed by atoms with Gasteiger partial charge in [-0.05, 0) is 56.2 Å². The van der Waals surface area contributed by atoms with Crippen LogP contribution in [0, 0.1) is 6.92 Å². The van der Waals surface area contributed by atoms with Gasteiger partial charge in [0.15, 0.2) is 5.96 Å². The van der Waals surface area contributed by atoms with Crippen molar-refractivity contribution in [2.24, 2.45) is 10.7 Å². The van der Waals surface area contributed by atoms with Gasteiger partial charge in [-0.1, -0.05) is 24.3 Å². The quantitative estimate of drug-likeness (QED) is 0.280. The summed E-state index contributed by atoms with van der Waals surface area (Å²) < 4.78 is 7.76. The standard InChI is InChI=1S/C22H27N5O.HI/c1-16(2)28-21-9-7-20(8-10-21)26-22(23)25-14-18-5-4-6-19(13-18)15-27-12-11-24-17(27)3;/h4-13,16H,14-15H2,1-3H3,(H3,23,25,26);1H. The Balaban J connectivity index is 0.00000300. The first-order valence-corrected chi connectivity index (χ1v) is 9.39. The van der Waals surface area contributed by atoms with Gasteiger partial charge in [0.25, 0.3) is 0 Å². The summed E-state index contributed by atoms with van der Waals surface area (Å²) in [5, 5.41) is 3.11. The maximum absolute atomic E-state index is 6.04. The number of aliphatic imine (C=N–C) groups is 1. The van der Waals surface area contributed by atoms with E-state index in [1.54, 1.807) is 0 Å². The summed E-state index contributed by atoms with van der Waals surface area (Å²) in [6.07, 6.45) is 3.95. The molecule has 0 saturated carbocycles. The van der Waals surface area contributed by atoms with Gasteiger partial charge < -0.3 is 20.4 Å². The number of imidazole rings is 1. The van der Waals surface area contributed by atoms with Crippen molar-refractivity contribution in [3.05, 3.63) is 77.9 Å². The molecule has 0 aliphatic heterocycles. The second-order valence-corrected chi connectivity index (χ2v) is 6.94. The zero-order chi connectivity index (χ0) is 19.9. The van der Waals surface area contributed by atoms with E-state index in [0.29, 0.717) is 12.5 Å². The number of nitrogens with zero attached hydrogens (tertiary/aromatic N) is 3. The Kier molecular flexibility index (Phi) is 8.50. The molecule has 3 aromatic rings. The number of nitrogens with two attached hydrogens (primary N) is 1. The Morgan fingerprint density at radius 2 is 1.90 bits per heavy atom. The Bertz CT molecular complexity index is 934. The summed E-state index contributed by atoms with van der Waals surface area (Å²) in [5.74, 6) is 2.22. The highest BCUT2D eigenvalue weighted by molar-refractivity contribution is 14.0. The number of anilines is 1. The maximum atomic E-state index is 6.04. The van der Waals surface area contributed by atoms with Crippen LogP contribution >= 0.6 is 24.0 Å². The van der Waals surface area contributed by atoms with Gasteiger partial charge in [-0.3, -0.25) is 0 Å². The van der Waals surface area contributed by atoms with Crippen LogP contribution in [0.25, 0.3) is 0 Å². The number of halogens is 1. The van der Waals surface area contributed by atoms with Crippen molar-refractivity contribution in [3.8, 4) is 5.75 Å². The molecule has 3 N–H and O–H groups in total. The molecule has 0 saturated heterocycles. The summed E-state index contributed by atoms with van der Waals surface area (Å²) >= 11 is 0. The third kappa shape index (κ3) is 7.08. The van der Waals surface area contributed by atoms with Crippen LogP contribution in [0.5, 0.6) is 5.75 Å². The summed E-state index contributed by atoms with van der Waals surface area (Å²) in [6, 6.07) is 16.0.